The third-order valence-corrected chi connectivity index (χ3v) is 2.85. The summed E-state index contributed by atoms with van der Waals surface area (Å²) in [6.07, 6.45) is 0.00426. The molecule has 1 amide bonds. The van der Waals surface area contributed by atoms with Gasteiger partial charge in [-0.25, -0.2) is 8.78 Å². The molecule has 0 bridgehead atoms. The number of halogens is 3. The van der Waals surface area contributed by atoms with Gasteiger partial charge in [0.25, 0.3) is 0 Å². The fourth-order valence-corrected chi connectivity index (χ4v) is 1.92. The van der Waals surface area contributed by atoms with Gasteiger partial charge in [-0.1, -0.05) is 6.07 Å². The van der Waals surface area contributed by atoms with Crippen LogP contribution in [0.2, 0.25) is 0 Å². The lowest BCUT2D eigenvalue weighted by atomic mass is 10.1. The van der Waals surface area contributed by atoms with E-state index in [4.69, 9.17) is 16.3 Å². The smallest absolute Gasteiger partial charge is 0.226 e. The minimum Gasteiger partial charge on any atom is -0.383 e. The number of amides is 1. The third kappa shape index (κ3) is 5.12. The number of rotatable bonds is 6. The molecule has 1 rings (SSSR count). The van der Waals surface area contributed by atoms with Crippen LogP contribution in [-0.2, 0) is 16.0 Å². The zero-order chi connectivity index (χ0) is 14.4. The minimum absolute atomic E-state index is 0.00426. The van der Waals surface area contributed by atoms with Gasteiger partial charge in [0.05, 0.1) is 18.4 Å². The average Bonchev–Trinajstić information content (AvgIpc) is 2.34. The molecule has 0 fully saturated rings. The lowest BCUT2D eigenvalue weighted by Crippen LogP contribution is -2.34. The molecule has 0 heterocycles. The van der Waals surface area contributed by atoms with Crippen molar-refractivity contribution in [3.05, 3.63) is 35.4 Å². The number of carbonyl (C=O) groups excluding carboxylic acids is 1. The Bertz CT molecular complexity index is 443. The Balaban J connectivity index is 2.56. The normalized spacial score (nSPS) is 12.3. The summed E-state index contributed by atoms with van der Waals surface area (Å²) >= 11 is 5.94. The molecule has 6 heteroatoms. The van der Waals surface area contributed by atoms with Crippen LogP contribution in [0.4, 0.5) is 8.78 Å². The fraction of sp³-hybridized carbons (Fsp3) is 0.462. The van der Waals surface area contributed by atoms with Gasteiger partial charge in [-0.3, -0.25) is 4.79 Å². The molecule has 0 aliphatic carbocycles. The highest BCUT2D eigenvalue weighted by atomic mass is 35.5. The molecule has 0 N–H and O–H groups in total. The second kappa shape index (κ2) is 7.40. The molecular formula is C13H16ClF2NO2. The number of ether oxygens (including phenoxy) is 1. The van der Waals surface area contributed by atoms with Gasteiger partial charge in [0.15, 0.2) is 11.6 Å². The predicted molar refractivity (Wildman–Crippen MR) is 69.2 cm³/mol. The summed E-state index contributed by atoms with van der Waals surface area (Å²) in [7, 11) is 3.13. The van der Waals surface area contributed by atoms with Gasteiger partial charge in [0.1, 0.15) is 0 Å². The topological polar surface area (TPSA) is 29.5 Å². The maximum Gasteiger partial charge on any atom is 0.226 e. The first-order chi connectivity index (χ1) is 8.93. The van der Waals surface area contributed by atoms with Gasteiger partial charge in [-0.2, -0.15) is 0 Å². The Labute approximate surface area is 116 Å². The Morgan fingerprint density at radius 3 is 2.68 bits per heavy atom. The summed E-state index contributed by atoms with van der Waals surface area (Å²) in [5.41, 5.74) is 0.425. The van der Waals surface area contributed by atoms with Crippen molar-refractivity contribution >= 4 is 17.5 Å². The molecule has 1 aromatic carbocycles. The lowest BCUT2D eigenvalue weighted by Gasteiger charge is -2.20. The van der Waals surface area contributed by atoms with Crippen molar-refractivity contribution in [2.75, 3.05) is 27.3 Å². The van der Waals surface area contributed by atoms with Crippen LogP contribution in [0.3, 0.4) is 0 Å². The predicted octanol–water partition coefficient (Wildman–Crippen LogP) is 2.22. The molecule has 0 spiro atoms. The van der Waals surface area contributed by atoms with Crippen LogP contribution in [0.1, 0.15) is 5.56 Å². The highest BCUT2D eigenvalue weighted by Gasteiger charge is 2.15. The summed E-state index contributed by atoms with van der Waals surface area (Å²) in [6, 6.07) is 3.42. The molecule has 1 aromatic rings. The number of benzene rings is 1. The molecule has 0 saturated carbocycles. The fourth-order valence-electron chi connectivity index (χ4n) is 1.59. The van der Waals surface area contributed by atoms with E-state index in [9.17, 15) is 13.6 Å². The Morgan fingerprint density at radius 1 is 1.42 bits per heavy atom. The number of carbonyl (C=O) groups is 1. The summed E-state index contributed by atoms with van der Waals surface area (Å²) in [5, 5.41) is -0.302. The van der Waals surface area contributed by atoms with Crippen LogP contribution in [0.5, 0.6) is 0 Å². The minimum atomic E-state index is -0.956. The first-order valence-corrected chi connectivity index (χ1v) is 6.18. The quantitative estimate of drug-likeness (QED) is 0.752. The molecule has 0 radical (unpaired) electrons. The van der Waals surface area contributed by atoms with Crippen LogP contribution in [-0.4, -0.2) is 43.5 Å². The van der Waals surface area contributed by atoms with Gasteiger partial charge in [-0.15, -0.1) is 11.6 Å². The van der Waals surface area contributed by atoms with Crippen LogP contribution >= 0.6 is 11.6 Å². The summed E-state index contributed by atoms with van der Waals surface area (Å²) in [5.74, 6) is -2.10. The van der Waals surface area contributed by atoms with E-state index < -0.39 is 11.6 Å². The monoisotopic (exact) mass is 291 g/mol. The van der Waals surface area contributed by atoms with Crippen LogP contribution in [0.25, 0.3) is 0 Å². The van der Waals surface area contributed by atoms with Crippen LogP contribution in [0, 0.1) is 11.6 Å². The van der Waals surface area contributed by atoms with E-state index in [0.717, 1.165) is 12.1 Å². The van der Waals surface area contributed by atoms with Crippen molar-refractivity contribution in [1.29, 1.82) is 0 Å². The number of methoxy groups -OCH3 is 1. The summed E-state index contributed by atoms with van der Waals surface area (Å²) < 4.78 is 30.6. The van der Waals surface area contributed by atoms with E-state index in [-0.39, 0.29) is 17.7 Å². The SMILES string of the molecule is COCC(Cl)CN(C)C(=O)Cc1ccc(F)c(F)c1. The van der Waals surface area contributed by atoms with E-state index in [0.29, 0.717) is 18.7 Å². The molecule has 19 heavy (non-hydrogen) atoms. The third-order valence-electron chi connectivity index (χ3n) is 2.58. The highest BCUT2D eigenvalue weighted by molar-refractivity contribution is 6.21. The van der Waals surface area contributed by atoms with Crippen molar-refractivity contribution < 1.29 is 18.3 Å². The van der Waals surface area contributed by atoms with Crippen molar-refractivity contribution in [2.24, 2.45) is 0 Å². The zero-order valence-electron chi connectivity index (χ0n) is 10.8. The maximum atomic E-state index is 13.0. The molecular weight excluding hydrogens is 276 g/mol. The van der Waals surface area contributed by atoms with Gasteiger partial charge in [0.2, 0.25) is 5.91 Å². The molecule has 1 unspecified atom stereocenters. The number of alkyl halides is 1. The highest BCUT2D eigenvalue weighted by Crippen LogP contribution is 2.10. The lowest BCUT2D eigenvalue weighted by molar-refractivity contribution is -0.129. The van der Waals surface area contributed by atoms with Gasteiger partial charge >= 0.3 is 0 Å². The number of likely N-dealkylation sites (N-methyl/N-ethyl adjacent to an activating group) is 1. The van der Waals surface area contributed by atoms with Crippen molar-refractivity contribution in [2.45, 2.75) is 11.8 Å². The average molecular weight is 292 g/mol. The van der Waals surface area contributed by atoms with Crippen molar-refractivity contribution in [1.82, 2.24) is 4.90 Å². The Hall–Kier alpha value is -1.20. The van der Waals surface area contributed by atoms with E-state index in [1.165, 1.54) is 18.1 Å². The second-order valence-corrected chi connectivity index (χ2v) is 4.87. The largest absolute Gasteiger partial charge is 0.383 e. The van der Waals surface area contributed by atoms with E-state index in [2.05, 4.69) is 0 Å². The molecule has 0 aliphatic heterocycles. The second-order valence-electron chi connectivity index (χ2n) is 4.25. The standard InChI is InChI=1S/C13H16ClF2NO2/c1-17(7-10(14)8-19-2)13(18)6-9-3-4-11(15)12(16)5-9/h3-5,10H,6-8H2,1-2H3. The Morgan fingerprint density at radius 2 is 2.11 bits per heavy atom. The molecule has 0 aromatic heterocycles. The van der Waals surface area contributed by atoms with E-state index >= 15 is 0 Å². The molecule has 0 saturated heterocycles. The summed E-state index contributed by atoms with van der Waals surface area (Å²) in [4.78, 5) is 13.3. The molecule has 3 nitrogen and oxygen atoms in total. The van der Waals surface area contributed by atoms with Gasteiger partial charge in [-0.05, 0) is 17.7 Å². The van der Waals surface area contributed by atoms with E-state index in [1.807, 2.05) is 0 Å². The van der Waals surface area contributed by atoms with Crippen LogP contribution in [0.15, 0.2) is 18.2 Å². The first kappa shape index (κ1) is 15.9. The maximum absolute atomic E-state index is 13.0. The van der Waals surface area contributed by atoms with Gasteiger partial charge < -0.3 is 9.64 Å². The summed E-state index contributed by atoms with van der Waals surface area (Å²) in [6.45, 7) is 0.669. The number of hydrogen-bond acceptors (Lipinski definition) is 2. The number of hydrogen-bond donors (Lipinski definition) is 0. The molecule has 1 atom stereocenters. The van der Waals surface area contributed by atoms with E-state index in [1.54, 1.807) is 7.05 Å². The molecule has 106 valence electrons. The molecule has 0 aliphatic rings. The van der Waals surface area contributed by atoms with Crippen LogP contribution < -0.4 is 0 Å². The van der Waals surface area contributed by atoms with Crippen molar-refractivity contribution in [3.63, 3.8) is 0 Å². The zero-order valence-corrected chi connectivity index (χ0v) is 11.6. The Kier molecular flexibility index (Phi) is 6.18. The van der Waals surface area contributed by atoms with Crippen molar-refractivity contribution in [3.8, 4) is 0 Å². The first-order valence-electron chi connectivity index (χ1n) is 5.75. The number of nitrogens with zero attached hydrogens (tertiary/aromatic N) is 1. The van der Waals surface area contributed by atoms with Gasteiger partial charge in [0, 0.05) is 20.7 Å².